The molecule has 0 aliphatic rings. The average molecular weight is 145 g/mol. The van der Waals surface area contributed by atoms with E-state index in [2.05, 4.69) is 4.98 Å². The molecule has 0 radical (unpaired) electrons. The Morgan fingerprint density at radius 3 is 2.78 bits per heavy atom. The Morgan fingerprint density at radius 2 is 2.33 bits per heavy atom. The van der Waals surface area contributed by atoms with Crippen molar-refractivity contribution in [1.82, 2.24) is 4.98 Å². The first-order valence-corrected chi connectivity index (χ1v) is 2.72. The zero-order valence-electron chi connectivity index (χ0n) is 4.50. The normalized spacial score (nSPS) is 9.11. The predicted octanol–water partition coefficient (Wildman–Crippen LogP) is 1.54. The Balaban J connectivity index is 2.88. The summed E-state index contributed by atoms with van der Waals surface area (Å²) in [6.45, 7) is 0. The molecule has 0 fully saturated rings. The van der Waals surface area contributed by atoms with Crippen molar-refractivity contribution >= 4 is 17.4 Å². The minimum Gasteiger partial charge on any atom is -0.290 e. The molecule has 1 aromatic rings. The van der Waals surface area contributed by atoms with Crippen molar-refractivity contribution in [2.24, 2.45) is 0 Å². The van der Waals surface area contributed by atoms with Crippen molar-refractivity contribution in [3.8, 4) is 0 Å². The maximum atomic E-state index is 8.27. The third-order valence-electron chi connectivity index (χ3n) is 0.842. The maximum absolute atomic E-state index is 8.27. The van der Waals surface area contributed by atoms with E-state index in [9.17, 15) is 0 Å². The number of hydrogen-bond acceptors (Lipinski definition) is 3. The summed E-state index contributed by atoms with van der Waals surface area (Å²) >= 11 is 5.50. The monoisotopic (exact) mass is 144 g/mol. The lowest BCUT2D eigenvalue weighted by molar-refractivity contribution is 0.386. The number of nitrogens with one attached hydrogen (secondary N) is 1. The minimum absolute atomic E-state index is 0.388. The van der Waals surface area contributed by atoms with Gasteiger partial charge < -0.3 is 0 Å². The third kappa shape index (κ3) is 1.55. The van der Waals surface area contributed by atoms with Gasteiger partial charge in [-0.15, -0.1) is 0 Å². The number of rotatable bonds is 1. The zero-order valence-corrected chi connectivity index (χ0v) is 5.26. The molecule has 0 atom stereocenters. The molecule has 2 N–H and O–H groups in total. The fraction of sp³-hybridized carbons (Fsp3) is 0. The van der Waals surface area contributed by atoms with Crippen LogP contribution in [-0.2, 0) is 0 Å². The summed E-state index contributed by atoms with van der Waals surface area (Å²) in [4.78, 5) is 3.70. The number of halogens is 1. The van der Waals surface area contributed by atoms with E-state index in [1.165, 1.54) is 6.20 Å². The molecule has 0 saturated heterocycles. The Hall–Kier alpha value is -0.800. The lowest BCUT2D eigenvalue weighted by Crippen LogP contribution is -1.90. The van der Waals surface area contributed by atoms with Crippen LogP contribution in [0.5, 0.6) is 0 Å². The standard InChI is InChI=1S/C5H5ClN2O/c6-4-1-2-5(8-9)7-3-4/h1-3,9H,(H,7,8). The maximum Gasteiger partial charge on any atom is 0.149 e. The van der Waals surface area contributed by atoms with Gasteiger partial charge in [-0.2, -0.15) is 0 Å². The summed E-state index contributed by atoms with van der Waals surface area (Å²) in [6, 6.07) is 3.20. The molecule has 9 heavy (non-hydrogen) atoms. The second kappa shape index (κ2) is 2.66. The summed E-state index contributed by atoms with van der Waals surface area (Å²) in [7, 11) is 0. The summed E-state index contributed by atoms with van der Waals surface area (Å²) < 4.78 is 0. The van der Waals surface area contributed by atoms with Crippen LogP contribution in [0.1, 0.15) is 0 Å². The molecule has 0 bridgehead atoms. The van der Waals surface area contributed by atoms with Crippen LogP contribution < -0.4 is 5.48 Å². The summed E-state index contributed by atoms with van der Waals surface area (Å²) in [5.41, 5.74) is 1.88. The van der Waals surface area contributed by atoms with Gasteiger partial charge in [-0.1, -0.05) is 11.6 Å². The highest BCUT2D eigenvalue weighted by molar-refractivity contribution is 6.30. The number of nitrogens with zero attached hydrogens (tertiary/aromatic N) is 1. The van der Waals surface area contributed by atoms with Crippen LogP contribution in [0.2, 0.25) is 5.02 Å². The first-order chi connectivity index (χ1) is 4.33. The first kappa shape index (κ1) is 6.32. The summed E-state index contributed by atoms with van der Waals surface area (Å²) in [5, 5.41) is 8.82. The Bertz CT molecular complexity index is 187. The number of anilines is 1. The topological polar surface area (TPSA) is 45.1 Å². The highest BCUT2D eigenvalue weighted by Crippen LogP contribution is 2.07. The van der Waals surface area contributed by atoms with Gasteiger partial charge in [0.1, 0.15) is 5.82 Å². The highest BCUT2D eigenvalue weighted by atomic mass is 35.5. The lowest BCUT2D eigenvalue weighted by atomic mass is 10.5. The van der Waals surface area contributed by atoms with E-state index in [1.54, 1.807) is 12.1 Å². The van der Waals surface area contributed by atoms with Crippen molar-refractivity contribution in [2.75, 3.05) is 5.48 Å². The fourth-order valence-electron chi connectivity index (χ4n) is 0.442. The predicted molar refractivity (Wildman–Crippen MR) is 34.7 cm³/mol. The van der Waals surface area contributed by atoms with E-state index in [0.29, 0.717) is 10.8 Å². The highest BCUT2D eigenvalue weighted by Gasteiger charge is 1.87. The van der Waals surface area contributed by atoms with Gasteiger partial charge >= 0.3 is 0 Å². The molecule has 1 aromatic heterocycles. The third-order valence-corrected chi connectivity index (χ3v) is 1.07. The van der Waals surface area contributed by atoms with Crippen molar-refractivity contribution in [3.63, 3.8) is 0 Å². The molecule has 48 valence electrons. The smallest absolute Gasteiger partial charge is 0.149 e. The quantitative estimate of drug-likeness (QED) is 0.588. The number of hydrogen-bond donors (Lipinski definition) is 2. The van der Waals surface area contributed by atoms with Crippen LogP contribution in [0.15, 0.2) is 18.3 Å². The summed E-state index contributed by atoms with van der Waals surface area (Å²) in [5.74, 6) is 0.388. The van der Waals surface area contributed by atoms with Gasteiger partial charge in [-0.25, -0.2) is 4.98 Å². The molecule has 0 saturated carbocycles. The second-order valence-corrected chi connectivity index (χ2v) is 1.91. The molecule has 0 spiro atoms. The van der Waals surface area contributed by atoms with Crippen LogP contribution in [-0.4, -0.2) is 10.2 Å². The van der Waals surface area contributed by atoms with E-state index in [1.807, 2.05) is 5.48 Å². The van der Waals surface area contributed by atoms with E-state index in [0.717, 1.165) is 0 Å². The van der Waals surface area contributed by atoms with Crippen molar-refractivity contribution in [3.05, 3.63) is 23.4 Å². The van der Waals surface area contributed by atoms with Gasteiger partial charge in [-0.3, -0.25) is 10.7 Å². The zero-order chi connectivity index (χ0) is 6.69. The van der Waals surface area contributed by atoms with Crippen molar-refractivity contribution in [2.45, 2.75) is 0 Å². The Morgan fingerprint density at radius 1 is 1.56 bits per heavy atom. The van der Waals surface area contributed by atoms with E-state index >= 15 is 0 Å². The van der Waals surface area contributed by atoms with Crippen LogP contribution in [0.3, 0.4) is 0 Å². The lowest BCUT2D eigenvalue weighted by Gasteiger charge is -1.94. The molecular formula is C5H5ClN2O. The number of aromatic nitrogens is 1. The van der Waals surface area contributed by atoms with Gasteiger partial charge in [0, 0.05) is 6.20 Å². The molecule has 0 amide bonds. The molecular weight excluding hydrogens is 140 g/mol. The first-order valence-electron chi connectivity index (χ1n) is 2.34. The largest absolute Gasteiger partial charge is 0.290 e. The van der Waals surface area contributed by atoms with Gasteiger partial charge in [0.15, 0.2) is 0 Å². The van der Waals surface area contributed by atoms with Crippen molar-refractivity contribution < 1.29 is 5.21 Å². The summed E-state index contributed by atoms with van der Waals surface area (Å²) in [6.07, 6.45) is 1.44. The van der Waals surface area contributed by atoms with E-state index < -0.39 is 0 Å². The van der Waals surface area contributed by atoms with Gasteiger partial charge in [0.25, 0.3) is 0 Å². The molecule has 0 aliphatic carbocycles. The Kier molecular flexibility index (Phi) is 1.87. The van der Waals surface area contributed by atoms with E-state index in [4.69, 9.17) is 16.8 Å². The van der Waals surface area contributed by atoms with Crippen LogP contribution in [0.4, 0.5) is 5.82 Å². The molecule has 0 unspecified atom stereocenters. The van der Waals surface area contributed by atoms with Gasteiger partial charge in [0.2, 0.25) is 0 Å². The fourth-order valence-corrected chi connectivity index (χ4v) is 0.554. The molecule has 0 aromatic carbocycles. The van der Waals surface area contributed by atoms with Gasteiger partial charge in [-0.05, 0) is 12.1 Å². The molecule has 3 nitrogen and oxygen atoms in total. The van der Waals surface area contributed by atoms with Crippen LogP contribution >= 0.6 is 11.6 Å². The molecule has 1 heterocycles. The van der Waals surface area contributed by atoms with Crippen LogP contribution in [0, 0.1) is 0 Å². The number of pyridine rings is 1. The SMILES string of the molecule is ONc1ccc(Cl)cn1. The molecule has 1 rings (SSSR count). The molecule has 0 aliphatic heterocycles. The van der Waals surface area contributed by atoms with Gasteiger partial charge in [0.05, 0.1) is 5.02 Å². The average Bonchev–Trinajstić information content (AvgIpc) is 1.90. The van der Waals surface area contributed by atoms with Crippen LogP contribution in [0.25, 0.3) is 0 Å². The Labute approximate surface area is 57.3 Å². The second-order valence-electron chi connectivity index (χ2n) is 1.47. The van der Waals surface area contributed by atoms with Crippen molar-refractivity contribution in [1.29, 1.82) is 0 Å². The van der Waals surface area contributed by atoms with E-state index in [-0.39, 0.29) is 0 Å². The minimum atomic E-state index is 0.388. The molecule has 4 heteroatoms.